The molecule has 1 N–H and O–H groups in total. The number of hydrogen-bond acceptors (Lipinski definition) is 7. The van der Waals surface area contributed by atoms with E-state index in [2.05, 4.69) is 15.3 Å². The van der Waals surface area contributed by atoms with Crippen LogP contribution in [0.15, 0.2) is 68.6 Å². The fraction of sp³-hybridized carbons (Fsp3) is 0.190. The summed E-state index contributed by atoms with van der Waals surface area (Å²) in [4.78, 5) is 36.8. The summed E-state index contributed by atoms with van der Waals surface area (Å²) in [6.07, 6.45) is -0.868. The lowest BCUT2D eigenvalue weighted by Crippen LogP contribution is -2.30. The maximum absolute atomic E-state index is 12.5. The molecule has 0 amide bonds. The minimum atomic E-state index is -0.755. The number of carbonyl (C=O) groups excluding carboxylic acids is 1. The molecule has 152 valence electrons. The Kier molecular flexibility index (Phi) is 5.25. The molecule has 0 spiro atoms. The van der Waals surface area contributed by atoms with Crippen molar-refractivity contribution in [2.24, 2.45) is 0 Å². The zero-order chi connectivity index (χ0) is 21.1. The first-order chi connectivity index (χ1) is 14.5. The Morgan fingerprint density at radius 2 is 1.77 bits per heavy atom. The van der Waals surface area contributed by atoms with E-state index in [9.17, 15) is 14.4 Å². The van der Waals surface area contributed by atoms with E-state index in [1.54, 1.807) is 31.2 Å². The number of ether oxygens (including phenoxy) is 1. The van der Waals surface area contributed by atoms with Crippen molar-refractivity contribution in [3.05, 3.63) is 81.2 Å². The fourth-order valence-corrected chi connectivity index (χ4v) is 3.01. The third-order valence-electron chi connectivity index (χ3n) is 4.54. The number of benzene rings is 2. The molecule has 0 saturated carbocycles. The first-order valence-electron chi connectivity index (χ1n) is 9.33. The third kappa shape index (κ3) is 3.90. The van der Waals surface area contributed by atoms with Crippen molar-refractivity contribution in [3.8, 4) is 11.5 Å². The predicted molar refractivity (Wildman–Crippen MR) is 108 cm³/mol. The molecule has 1 atom stereocenters. The lowest BCUT2D eigenvalue weighted by Gasteiger charge is -2.10. The van der Waals surface area contributed by atoms with Crippen LogP contribution in [-0.4, -0.2) is 25.9 Å². The number of aryl methyl sites for hydroxylation is 1. The van der Waals surface area contributed by atoms with E-state index in [1.165, 1.54) is 0 Å². The van der Waals surface area contributed by atoms with Gasteiger partial charge in [0.2, 0.25) is 5.89 Å². The number of esters is 1. The molecule has 0 bridgehead atoms. The van der Waals surface area contributed by atoms with Crippen molar-refractivity contribution >= 4 is 16.7 Å². The second-order valence-electron chi connectivity index (χ2n) is 6.64. The summed E-state index contributed by atoms with van der Waals surface area (Å²) < 4.78 is 12.0. The SMILES string of the molecule is C[C@@H](OC(=O)CCn1[nH]c(=O)c2ccccc2c1=O)c1nnc(-c2ccccc2)o1. The van der Waals surface area contributed by atoms with Gasteiger partial charge in [0.15, 0.2) is 6.10 Å². The Morgan fingerprint density at radius 3 is 2.53 bits per heavy atom. The number of fused-ring (bicyclic) bond motifs is 1. The average Bonchev–Trinajstić information content (AvgIpc) is 3.26. The number of hydrogen-bond donors (Lipinski definition) is 1. The highest BCUT2D eigenvalue weighted by Crippen LogP contribution is 2.22. The highest BCUT2D eigenvalue weighted by atomic mass is 16.6. The van der Waals surface area contributed by atoms with E-state index < -0.39 is 17.6 Å². The number of rotatable bonds is 6. The number of aromatic nitrogens is 4. The Morgan fingerprint density at radius 1 is 1.07 bits per heavy atom. The van der Waals surface area contributed by atoms with Gasteiger partial charge in [-0.05, 0) is 31.2 Å². The van der Waals surface area contributed by atoms with Gasteiger partial charge in [-0.2, -0.15) is 0 Å². The Hall–Kier alpha value is -4.01. The van der Waals surface area contributed by atoms with Crippen molar-refractivity contribution < 1.29 is 13.9 Å². The molecular formula is C21H18N4O5. The van der Waals surface area contributed by atoms with Crippen LogP contribution in [0.2, 0.25) is 0 Å². The van der Waals surface area contributed by atoms with Crippen LogP contribution in [0.4, 0.5) is 0 Å². The normalized spacial score (nSPS) is 12.0. The van der Waals surface area contributed by atoms with Crippen LogP contribution in [-0.2, 0) is 16.1 Å². The van der Waals surface area contributed by atoms with Crippen molar-refractivity contribution in [2.45, 2.75) is 26.0 Å². The molecule has 2 aromatic carbocycles. The smallest absolute Gasteiger partial charge is 0.308 e. The molecular weight excluding hydrogens is 388 g/mol. The monoisotopic (exact) mass is 406 g/mol. The summed E-state index contributed by atoms with van der Waals surface area (Å²) in [7, 11) is 0. The van der Waals surface area contributed by atoms with Crippen LogP contribution in [0, 0.1) is 0 Å². The highest BCUT2D eigenvalue weighted by molar-refractivity contribution is 5.80. The Balaban J connectivity index is 1.41. The largest absolute Gasteiger partial charge is 0.453 e. The number of nitrogens with one attached hydrogen (secondary N) is 1. The van der Waals surface area contributed by atoms with Crippen LogP contribution in [0.1, 0.15) is 25.3 Å². The van der Waals surface area contributed by atoms with Crippen molar-refractivity contribution in [3.63, 3.8) is 0 Å². The topological polar surface area (TPSA) is 120 Å². The molecule has 0 radical (unpaired) electrons. The summed E-state index contributed by atoms with van der Waals surface area (Å²) in [6, 6.07) is 15.7. The van der Waals surface area contributed by atoms with Gasteiger partial charge >= 0.3 is 5.97 Å². The van der Waals surface area contributed by atoms with Crippen LogP contribution >= 0.6 is 0 Å². The molecule has 0 fully saturated rings. The summed E-state index contributed by atoms with van der Waals surface area (Å²) in [5.41, 5.74) is -0.0175. The molecule has 30 heavy (non-hydrogen) atoms. The lowest BCUT2D eigenvalue weighted by atomic mass is 10.2. The fourth-order valence-electron chi connectivity index (χ4n) is 3.01. The molecule has 9 heteroatoms. The number of carbonyl (C=O) groups is 1. The van der Waals surface area contributed by atoms with Crippen LogP contribution in [0.25, 0.3) is 22.2 Å². The molecule has 4 rings (SSSR count). The second kappa shape index (κ2) is 8.16. The standard InChI is InChI=1S/C21H18N4O5/c1-13(19-22-23-20(30-19)14-7-3-2-4-8-14)29-17(26)11-12-25-21(28)16-10-6-5-9-15(16)18(27)24-25/h2-10,13H,11-12H2,1H3,(H,24,27)/t13-/m1/s1. The van der Waals surface area contributed by atoms with Gasteiger partial charge in [-0.3, -0.25) is 19.5 Å². The molecule has 2 aromatic heterocycles. The third-order valence-corrected chi connectivity index (χ3v) is 4.54. The van der Waals surface area contributed by atoms with Crippen LogP contribution < -0.4 is 11.1 Å². The van der Waals surface area contributed by atoms with Crippen molar-refractivity contribution in [2.75, 3.05) is 0 Å². The van der Waals surface area contributed by atoms with E-state index in [0.717, 1.165) is 10.2 Å². The highest BCUT2D eigenvalue weighted by Gasteiger charge is 2.19. The van der Waals surface area contributed by atoms with Gasteiger partial charge in [-0.15, -0.1) is 10.2 Å². The van der Waals surface area contributed by atoms with E-state index in [-0.39, 0.29) is 24.4 Å². The van der Waals surface area contributed by atoms with Gasteiger partial charge in [0.25, 0.3) is 17.0 Å². The van der Waals surface area contributed by atoms with E-state index >= 15 is 0 Å². The summed E-state index contributed by atoms with van der Waals surface area (Å²) in [6.45, 7) is 1.59. The van der Waals surface area contributed by atoms with Crippen molar-refractivity contribution in [1.29, 1.82) is 0 Å². The molecule has 9 nitrogen and oxygen atoms in total. The lowest BCUT2D eigenvalue weighted by molar-refractivity contribution is -0.150. The van der Waals surface area contributed by atoms with Gasteiger partial charge in [-0.25, -0.2) is 4.68 Å². The van der Waals surface area contributed by atoms with Crippen LogP contribution in [0.3, 0.4) is 0 Å². The van der Waals surface area contributed by atoms with E-state index in [0.29, 0.717) is 16.7 Å². The maximum Gasteiger partial charge on any atom is 0.308 e. The molecule has 2 heterocycles. The number of nitrogens with zero attached hydrogens (tertiary/aromatic N) is 3. The van der Waals surface area contributed by atoms with Gasteiger partial charge in [-0.1, -0.05) is 30.3 Å². The first kappa shape index (κ1) is 19.3. The molecule has 0 unspecified atom stereocenters. The Bertz CT molecular complexity index is 1310. The zero-order valence-electron chi connectivity index (χ0n) is 16.1. The number of H-pyrrole nitrogens is 1. The van der Waals surface area contributed by atoms with Crippen molar-refractivity contribution in [1.82, 2.24) is 20.0 Å². The van der Waals surface area contributed by atoms with E-state index in [4.69, 9.17) is 9.15 Å². The minimum absolute atomic E-state index is 0.0242. The average molecular weight is 406 g/mol. The number of aromatic amines is 1. The Labute approximate surface area is 169 Å². The predicted octanol–water partition coefficient (Wildman–Crippen LogP) is 2.43. The minimum Gasteiger partial charge on any atom is -0.453 e. The molecule has 4 aromatic rings. The van der Waals surface area contributed by atoms with E-state index in [1.807, 2.05) is 30.3 Å². The van der Waals surface area contributed by atoms with Gasteiger partial charge in [0, 0.05) is 5.56 Å². The summed E-state index contributed by atoms with van der Waals surface area (Å²) in [5, 5.41) is 11.0. The quantitative estimate of drug-likeness (QED) is 0.488. The summed E-state index contributed by atoms with van der Waals surface area (Å²) >= 11 is 0. The zero-order valence-corrected chi connectivity index (χ0v) is 16.1. The first-order valence-corrected chi connectivity index (χ1v) is 9.33. The maximum atomic E-state index is 12.5. The molecule has 0 saturated heterocycles. The van der Waals surface area contributed by atoms with Crippen LogP contribution in [0.5, 0.6) is 0 Å². The second-order valence-corrected chi connectivity index (χ2v) is 6.64. The molecule has 0 aliphatic carbocycles. The van der Waals surface area contributed by atoms with Gasteiger partial charge < -0.3 is 9.15 Å². The molecule has 0 aliphatic heterocycles. The molecule has 0 aliphatic rings. The summed E-state index contributed by atoms with van der Waals surface area (Å²) in [5.74, 6) is -0.0739. The van der Waals surface area contributed by atoms with Gasteiger partial charge in [0.05, 0.1) is 23.7 Å². The van der Waals surface area contributed by atoms with Gasteiger partial charge in [0.1, 0.15) is 0 Å².